The van der Waals surface area contributed by atoms with E-state index in [4.69, 9.17) is 10.5 Å². The van der Waals surface area contributed by atoms with Gasteiger partial charge in [0.2, 0.25) is 0 Å². The van der Waals surface area contributed by atoms with Crippen LogP contribution in [0.1, 0.15) is 37.5 Å². The fourth-order valence-electron chi connectivity index (χ4n) is 1.85. The van der Waals surface area contributed by atoms with Crippen LogP contribution in [0.15, 0.2) is 12.1 Å². The largest absolute Gasteiger partial charge is 0.488 e. The quantitative estimate of drug-likeness (QED) is 0.872. The Kier molecular flexibility index (Phi) is 4.21. The molecule has 0 aliphatic carbocycles. The average Bonchev–Trinajstić information content (AvgIpc) is 2.19. The highest BCUT2D eigenvalue weighted by Gasteiger charge is 2.25. The van der Waals surface area contributed by atoms with Crippen molar-refractivity contribution in [2.45, 2.75) is 47.6 Å². The summed E-state index contributed by atoms with van der Waals surface area (Å²) in [5.41, 5.74) is 9.57. The first-order valence-electron chi connectivity index (χ1n) is 6.20. The molecule has 2 heteroatoms. The predicted octanol–water partition coefficient (Wildman–Crippen LogP) is 3.36. The summed E-state index contributed by atoms with van der Waals surface area (Å²) in [4.78, 5) is 0. The number of rotatable bonds is 3. The maximum absolute atomic E-state index is 6.10. The van der Waals surface area contributed by atoms with Crippen LogP contribution >= 0.6 is 0 Å². The molecule has 17 heavy (non-hydrogen) atoms. The van der Waals surface area contributed by atoms with Gasteiger partial charge in [-0.25, -0.2) is 0 Å². The van der Waals surface area contributed by atoms with E-state index < -0.39 is 0 Å². The zero-order chi connectivity index (χ0) is 13.2. The molecular formula is C15H25NO. The van der Waals surface area contributed by atoms with Crippen molar-refractivity contribution in [3.8, 4) is 5.75 Å². The van der Waals surface area contributed by atoms with Crippen molar-refractivity contribution in [2.75, 3.05) is 6.54 Å². The molecule has 0 bridgehead atoms. The topological polar surface area (TPSA) is 35.2 Å². The lowest BCUT2D eigenvalue weighted by atomic mass is 9.89. The van der Waals surface area contributed by atoms with Gasteiger partial charge in [0, 0.05) is 12.0 Å². The molecule has 0 aliphatic rings. The minimum atomic E-state index is 0.0439. The van der Waals surface area contributed by atoms with Crippen molar-refractivity contribution in [3.05, 3.63) is 28.8 Å². The van der Waals surface area contributed by atoms with Crippen LogP contribution in [0.3, 0.4) is 0 Å². The molecule has 0 amide bonds. The Morgan fingerprint density at radius 3 is 2.24 bits per heavy atom. The molecular weight excluding hydrogens is 210 g/mol. The predicted molar refractivity (Wildman–Crippen MR) is 73.6 cm³/mol. The molecule has 2 nitrogen and oxygen atoms in total. The summed E-state index contributed by atoms with van der Waals surface area (Å²) in [6, 6.07) is 4.27. The summed E-state index contributed by atoms with van der Waals surface area (Å²) in [6.07, 6.45) is 0.0439. The maximum Gasteiger partial charge on any atom is 0.123 e. The second-order valence-corrected chi connectivity index (χ2v) is 5.91. The van der Waals surface area contributed by atoms with Gasteiger partial charge in [0.1, 0.15) is 11.9 Å². The minimum absolute atomic E-state index is 0.0439. The standard InChI is InChI=1S/C15H25NO/c1-10-7-11(2)12(3)13(8-10)17-14(9-16)15(4,5)6/h7-8,14H,9,16H2,1-6H3. The summed E-state index contributed by atoms with van der Waals surface area (Å²) in [5, 5.41) is 0. The number of benzene rings is 1. The van der Waals surface area contributed by atoms with E-state index in [0.29, 0.717) is 6.54 Å². The van der Waals surface area contributed by atoms with Gasteiger partial charge in [0.05, 0.1) is 0 Å². The lowest BCUT2D eigenvalue weighted by Gasteiger charge is -2.31. The third-order valence-electron chi connectivity index (χ3n) is 3.21. The van der Waals surface area contributed by atoms with E-state index in [9.17, 15) is 0 Å². The van der Waals surface area contributed by atoms with Crippen LogP contribution in [0, 0.1) is 26.2 Å². The number of nitrogens with two attached hydrogens (primary N) is 1. The normalized spacial score (nSPS) is 13.6. The summed E-state index contributed by atoms with van der Waals surface area (Å²) in [5.74, 6) is 0.966. The lowest BCUT2D eigenvalue weighted by Crippen LogP contribution is -2.38. The van der Waals surface area contributed by atoms with Crippen molar-refractivity contribution >= 4 is 0 Å². The van der Waals surface area contributed by atoms with Crippen molar-refractivity contribution in [1.29, 1.82) is 0 Å². The van der Waals surface area contributed by atoms with Crippen LogP contribution in [-0.2, 0) is 0 Å². The van der Waals surface area contributed by atoms with Crippen molar-refractivity contribution in [1.82, 2.24) is 0 Å². The molecule has 1 unspecified atom stereocenters. The zero-order valence-electron chi connectivity index (χ0n) is 11.9. The van der Waals surface area contributed by atoms with E-state index in [1.165, 1.54) is 16.7 Å². The second kappa shape index (κ2) is 5.09. The van der Waals surface area contributed by atoms with Gasteiger partial charge in [0.15, 0.2) is 0 Å². The molecule has 0 saturated carbocycles. The SMILES string of the molecule is Cc1cc(C)c(C)c(OC(CN)C(C)(C)C)c1. The van der Waals surface area contributed by atoms with Crippen LogP contribution < -0.4 is 10.5 Å². The molecule has 0 fully saturated rings. The van der Waals surface area contributed by atoms with Gasteiger partial charge in [-0.3, -0.25) is 0 Å². The summed E-state index contributed by atoms with van der Waals surface area (Å²) >= 11 is 0. The van der Waals surface area contributed by atoms with Gasteiger partial charge in [-0.1, -0.05) is 26.8 Å². The van der Waals surface area contributed by atoms with Crippen LogP contribution in [-0.4, -0.2) is 12.6 Å². The molecule has 1 atom stereocenters. The van der Waals surface area contributed by atoms with E-state index in [1.54, 1.807) is 0 Å². The van der Waals surface area contributed by atoms with E-state index in [-0.39, 0.29) is 11.5 Å². The highest BCUT2D eigenvalue weighted by atomic mass is 16.5. The molecule has 0 saturated heterocycles. The molecule has 0 aliphatic heterocycles. The Bertz CT molecular complexity index is 391. The van der Waals surface area contributed by atoms with Crippen LogP contribution in [0.5, 0.6) is 5.75 Å². The molecule has 0 spiro atoms. The Labute approximate surface area is 105 Å². The number of hydrogen-bond donors (Lipinski definition) is 1. The molecule has 0 heterocycles. The molecule has 96 valence electrons. The Balaban J connectivity index is 3.02. The minimum Gasteiger partial charge on any atom is -0.488 e. The molecule has 1 aromatic rings. The molecule has 2 N–H and O–H groups in total. The maximum atomic E-state index is 6.10. The van der Waals surface area contributed by atoms with E-state index in [2.05, 4.69) is 53.7 Å². The first kappa shape index (κ1) is 14.0. The third kappa shape index (κ3) is 3.47. The zero-order valence-corrected chi connectivity index (χ0v) is 11.9. The van der Waals surface area contributed by atoms with Gasteiger partial charge in [-0.05, 0) is 43.5 Å². The Hall–Kier alpha value is -1.02. The molecule has 0 aromatic heterocycles. The van der Waals surface area contributed by atoms with Crippen molar-refractivity contribution < 1.29 is 4.74 Å². The lowest BCUT2D eigenvalue weighted by molar-refractivity contribution is 0.0933. The summed E-state index contributed by atoms with van der Waals surface area (Å²) < 4.78 is 6.10. The number of aryl methyl sites for hydroxylation is 2. The fourth-order valence-corrected chi connectivity index (χ4v) is 1.85. The van der Waals surface area contributed by atoms with Crippen LogP contribution in [0.4, 0.5) is 0 Å². The summed E-state index contributed by atoms with van der Waals surface area (Å²) in [7, 11) is 0. The highest BCUT2D eigenvalue weighted by Crippen LogP contribution is 2.29. The monoisotopic (exact) mass is 235 g/mol. The van der Waals surface area contributed by atoms with Crippen molar-refractivity contribution in [3.63, 3.8) is 0 Å². The second-order valence-electron chi connectivity index (χ2n) is 5.91. The van der Waals surface area contributed by atoms with E-state index >= 15 is 0 Å². The smallest absolute Gasteiger partial charge is 0.123 e. The number of hydrogen-bond acceptors (Lipinski definition) is 2. The van der Waals surface area contributed by atoms with Gasteiger partial charge in [-0.15, -0.1) is 0 Å². The Morgan fingerprint density at radius 1 is 1.18 bits per heavy atom. The first-order valence-corrected chi connectivity index (χ1v) is 6.20. The summed E-state index contributed by atoms with van der Waals surface area (Å²) in [6.45, 7) is 13.3. The van der Waals surface area contributed by atoms with Gasteiger partial charge < -0.3 is 10.5 Å². The third-order valence-corrected chi connectivity index (χ3v) is 3.21. The molecule has 1 rings (SSSR count). The highest BCUT2D eigenvalue weighted by molar-refractivity contribution is 5.42. The van der Waals surface area contributed by atoms with Gasteiger partial charge in [-0.2, -0.15) is 0 Å². The first-order chi connectivity index (χ1) is 7.75. The van der Waals surface area contributed by atoms with Crippen LogP contribution in [0.2, 0.25) is 0 Å². The van der Waals surface area contributed by atoms with Gasteiger partial charge in [0.25, 0.3) is 0 Å². The van der Waals surface area contributed by atoms with Crippen LogP contribution in [0.25, 0.3) is 0 Å². The van der Waals surface area contributed by atoms with Gasteiger partial charge >= 0.3 is 0 Å². The average molecular weight is 235 g/mol. The van der Waals surface area contributed by atoms with Crippen molar-refractivity contribution in [2.24, 2.45) is 11.1 Å². The molecule has 1 aromatic carbocycles. The number of ether oxygens (including phenoxy) is 1. The van der Waals surface area contributed by atoms with E-state index in [0.717, 1.165) is 5.75 Å². The fraction of sp³-hybridized carbons (Fsp3) is 0.600. The molecule has 0 radical (unpaired) electrons. The Morgan fingerprint density at radius 2 is 1.76 bits per heavy atom. The van der Waals surface area contributed by atoms with E-state index in [1.807, 2.05) is 0 Å².